The predicted octanol–water partition coefficient (Wildman–Crippen LogP) is 10.4. The fourth-order valence-corrected chi connectivity index (χ4v) is 14.2. The number of carbonyl (C=O) groups excluding carboxylic acids is 2. The number of methoxy groups -OCH3 is 2. The number of ether oxygens (including phenoxy) is 2. The van der Waals surface area contributed by atoms with Crippen LogP contribution in [0.2, 0.25) is 0 Å². The Hall–Kier alpha value is -6.90. The van der Waals surface area contributed by atoms with Crippen molar-refractivity contribution in [2.24, 2.45) is 11.8 Å². The number of carbonyl (C=O) groups is 2. The minimum absolute atomic E-state index is 0.197. The molecule has 4 atom stereocenters. The van der Waals surface area contributed by atoms with Gasteiger partial charge in [0.2, 0.25) is 0 Å². The van der Waals surface area contributed by atoms with E-state index in [0.717, 1.165) is 91.2 Å². The van der Waals surface area contributed by atoms with Gasteiger partial charge < -0.3 is 40.1 Å². The normalized spacial score (nSPS) is 20.9. The van der Waals surface area contributed by atoms with Crippen molar-refractivity contribution in [1.29, 1.82) is 0 Å². The molecule has 10 rings (SSSR count). The summed E-state index contributed by atoms with van der Waals surface area (Å²) in [6.07, 6.45) is 8.61. The van der Waals surface area contributed by atoms with Crippen molar-refractivity contribution in [3.05, 3.63) is 136 Å². The molecule has 6 aromatic heterocycles. The van der Waals surface area contributed by atoms with Crippen LogP contribution in [0.4, 0.5) is 29.0 Å². The lowest BCUT2D eigenvalue weighted by Crippen LogP contribution is -2.41. The van der Waals surface area contributed by atoms with Crippen LogP contribution >= 0.6 is 15.9 Å². The summed E-state index contributed by atoms with van der Waals surface area (Å²) in [5.74, 6) is 0.960. The highest BCUT2D eigenvalue weighted by Crippen LogP contribution is 2.44. The summed E-state index contributed by atoms with van der Waals surface area (Å²) < 4.78 is 69.1. The van der Waals surface area contributed by atoms with Crippen molar-refractivity contribution in [2.75, 3.05) is 93.0 Å². The summed E-state index contributed by atoms with van der Waals surface area (Å²) in [5.41, 5.74) is 3.67. The fourth-order valence-electron chi connectivity index (χ4n) is 11.9. The topological polar surface area (TPSA) is 268 Å². The van der Waals surface area contributed by atoms with Gasteiger partial charge in [0.15, 0.2) is 10.1 Å². The number of pyridine rings is 6. The Labute approximate surface area is 546 Å². The smallest absolute Gasteiger partial charge is 0.281 e. The van der Waals surface area contributed by atoms with Crippen molar-refractivity contribution in [2.45, 2.75) is 152 Å². The van der Waals surface area contributed by atoms with Crippen LogP contribution in [-0.4, -0.2) is 137 Å². The number of nitrogens with one attached hydrogen (secondary N) is 5. The maximum Gasteiger partial charge on any atom is 0.281 e. The lowest BCUT2D eigenvalue weighted by Gasteiger charge is -2.34. The van der Waals surface area contributed by atoms with Crippen molar-refractivity contribution in [3.63, 3.8) is 0 Å². The van der Waals surface area contributed by atoms with E-state index in [1.807, 2.05) is 32.3 Å². The van der Waals surface area contributed by atoms with Gasteiger partial charge in [0.1, 0.15) is 23.3 Å². The molecule has 22 nitrogen and oxygen atoms in total. The predicted molar refractivity (Wildman–Crippen MR) is 361 cm³/mol. The number of hydrogen-bond donors (Lipinski definition) is 5. The summed E-state index contributed by atoms with van der Waals surface area (Å²) in [6.45, 7) is 25.5. The van der Waals surface area contributed by atoms with E-state index >= 15 is 0 Å². The van der Waals surface area contributed by atoms with Gasteiger partial charge in [-0.15, -0.1) is 0 Å². The van der Waals surface area contributed by atoms with Crippen molar-refractivity contribution in [3.8, 4) is 0 Å². The highest BCUT2D eigenvalue weighted by molar-refractivity contribution is 9.10. The average molecular weight is 1350 g/mol. The van der Waals surface area contributed by atoms with E-state index in [9.17, 15) is 26.4 Å². The molecule has 0 radical (unpaired) electrons. The number of fused-ring (bicyclic) bond motifs is 12. The minimum atomic E-state index is -4.29. The summed E-state index contributed by atoms with van der Waals surface area (Å²) in [5, 5.41) is 9.31. The van der Waals surface area contributed by atoms with Crippen LogP contribution in [0.15, 0.2) is 112 Å². The lowest BCUT2D eigenvalue weighted by molar-refractivity contribution is 0.0972. The standard InChI is InChI=1S/C33H45N7O4S.C29H35BrN6O3S.C4H11NO/c1-32(2,3)27-14-12-24-30(36-27)40-21-22(20-33(40,4)5)11-13-25(26-19-23(15-16-34-26)39(6)17-18-44-7)35-28-9-8-10-29(37-28)45(42,43)38-31(24)41;1-28(2,3)23-12-10-20-26(33-23)36-17-18(16-29(36,4)5)9-11-21(22-15-19(30)13-14-31-22)32-24-7-6-8-25(34-24)40(38,39)35-27(20)37;1-5-3-4-6-2/h8-10,12,14-16,19,22,25H,11,13,17-18,20-21H2,1-7H3,(H,35,37)(H,38,41);6-8,10,12-15,18,21H,9,11,16-17H2,1-5H3,(H,32,34)(H,35,37);5H,3-4H2,1-2H3/t22-,25?;18-,21?;/m00./s1. The van der Waals surface area contributed by atoms with E-state index in [1.165, 1.54) is 12.1 Å². The van der Waals surface area contributed by atoms with Crippen molar-refractivity contribution in [1.82, 2.24) is 44.7 Å². The Kier molecular flexibility index (Phi) is 22.3. The number of sulfonamides is 2. The molecule has 25 heteroatoms. The Bertz CT molecular complexity index is 3760. The lowest BCUT2D eigenvalue weighted by atomic mass is 9.90. The van der Waals surface area contributed by atoms with E-state index in [0.29, 0.717) is 54.8 Å². The second-order valence-corrected chi connectivity index (χ2v) is 31.3. The molecule has 4 aliphatic heterocycles. The van der Waals surface area contributed by atoms with Crippen LogP contribution < -0.4 is 40.1 Å². The quantitative estimate of drug-likeness (QED) is 0.0842. The molecule has 8 bridgehead atoms. The van der Waals surface area contributed by atoms with Gasteiger partial charge in [-0.3, -0.25) is 19.6 Å². The third-order valence-corrected chi connectivity index (χ3v) is 19.8. The molecule has 2 fully saturated rings. The van der Waals surface area contributed by atoms with Gasteiger partial charge in [-0.05, 0) is 158 Å². The van der Waals surface area contributed by atoms with Gasteiger partial charge >= 0.3 is 0 Å². The highest BCUT2D eigenvalue weighted by atomic mass is 79.9. The van der Waals surface area contributed by atoms with Gasteiger partial charge in [-0.1, -0.05) is 69.6 Å². The zero-order valence-corrected chi connectivity index (χ0v) is 58.2. The molecule has 91 heavy (non-hydrogen) atoms. The third kappa shape index (κ3) is 17.6. The molecule has 0 aromatic carbocycles. The molecule has 2 saturated heterocycles. The third-order valence-electron chi connectivity index (χ3n) is 16.9. The molecule has 4 aliphatic rings. The Morgan fingerprint density at radius 3 is 1.49 bits per heavy atom. The molecule has 2 unspecified atom stereocenters. The zero-order valence-electron chi connectivity index (χ0n) is 55.0. The summed E-state index contributed by atoms with van der Waals surface area (Å²) in [6, 6.07) is 23.9. The number of likely N-dealkylation sites (N-methyl/N-ethyl adjacent to an activating group) is 2. The first-order valence-electron chi connectivity index (χ1n) is 30.9. The van der Waals surface area contributed by atoms with Crippen LogP contribution in [0.1, 0.15) is 163 Å². The number of aromatic nitrogens is 6. The number of hydrogen-bond acceptors (Lipinski definition) is 20. The summed E-state index contributed by atoms with van der Waals surface area (Å²) in [7, 11) is -1.26. The van der Waals surface area contributed by atoms with Gasteiger partial charge in [-0.25, -0.2) is 29.4 Å². The van der Waals surface area contributed by atoms with E-state index < -0.39 is 31.9 Å². The molecule has 0 saturated carbocycles. The van der Waals surface area contributed by atoms with E-state index in [4.69, 9.17) is 24.4 Å². The number of amides is 2. The zero-order chi connectivity index (χ0) is 66.3. The van der Waals surface area contributed by atoms with E-state index in [2.05, 4.69) is 146 Å². The molecule has 6 aromatic rings. The maximum absolute atomic E-state index is 13.7. The number of nitrogens with zero attached hydrogens (tertiary/aromatic N) is 9. The summed E-state index contributed by atoms with van der Waals surface area (Å²) in [4.78, 5) is 61.8. The molecule has 5 N–H and O–H groups in total. The van der Waals surface area contributed by atoms with Crippen LogP contribution in [0.3, 0.4) is 0 Å². The van der Waals surface area contributed by atoms with Crippen LogP contribution in [0, 0.1) is 11.8 Å². The van der Waals surface area contributed by atoms with Gasteiger partial charge in [0, 0.05) is 103 Å². The van der Waals surface area contributed by atoms with Crippen molar-refractivity contribution >= 4 is 76.7 Å². The minimum Gasteiger partial charge on any atom is -0.383 e. The molecule has 2 amide bonds. The first-order valence-corrected chi connectivity index (χ1v) is 34.7. The van der Waals surface area contributed by atoms with Gasteiger partial charge in [-0.2, -0.15) is 16.8 Å². The molecule has 0 spiro atoms. The first-order chi connectivity index (χ1) is 42.8. The molecule has 492 valence electrons. The Balaban J connectivity index is 0.000000216. The second-order valence-electron chi connectivity index (χ2n) is 27.1. The SMILES string of the molecule is CC(C)(C)c1ccc2c(n1)N1C[C@@H](CCC(c3cc(Br)ccn3)Nc3cccc(n3)S(=O)(=O)NC2=O)CC1(C)C.CNCCOC.COCCN(C)c1ccnc(C2CC[C@@H]3CN(c4nc(C(C)(C)C)ccc4C(=O)NS(=O)(=O)c4cccc(n4)N2)C(C)(C)C3)c1. The number of halogens is 1. The van der Waals surface area contributed by atoms with Crippen molar-refractivity contribution < 1.29 is 35.9 Å². The first kappa shape index (κ1) is 70.0. The average Bonchev–Trinajstić information content (AvgIpc) is 1.71. The number of anilines is 5. The molecule has 10 heterocycles. The Morgan fingerprint density at radius 2 is 1.08 bits per heavy atom. The van der Waals surface area contributed by atoms with Crippen LogP contribution in [-0.2, 0) is 40.4 Å². The fraction of sp³-hybridized carbons (Fsp3) is 0.515. The van der Waals surface area contributed by atoms with Crippen LogP contribution in [0.25, 0.3) is 0 Å². The van der Waals surface area contributed by atoms with Gasteiger partial charge in [0.25, 0.3) is 31.9 Å². The largest absolute Gasteiger partial charge is 0.383 e. The van der Waals surface area contributed by atoms with Gasteiger partial charge in [0.05, 0.1) is 47.8 Å². The van der Waals surface area contributed by atoms with E-state index in [1.54, 1.807) is 75.1 Å². The van der Waals surface area contributed by atoms with Crippen LogP contribution in [0.5, 0.6) is 0 Å². The molecular weight excluding hydrogens is 1260 g/mol. The number of rotatable bonds is 9. The molecule has 0 aliphatic carbocycles. The van der Waals surface area contributed by atoms with E-state index in [-0.39, 0.29) is 55.2 Å². The summed E-state index contributed by atoms with van der Waals surface area (Å²) >= 11 is 3.54. The monoisotopic (exact) mass is 1350 g/mol. The maximum atomic E-state index is 13.7. The highest BCUT2D eigenvalue weighted by Gasteiger charge is 2.44. The second kappa shape index (κ2) is 28.9. The molecular formula is C66H91BrN14O8S2. The Morgan fingerprint density at radius 1 is 0.626 bits per heavy atom.